The number of hydrogen-bond acceptors (Lipinski definition) is 6. The molecule has 1 aromatic heterocycles. The molecule has 1 amide bonds. The zero-order valence-corrected chi connectivity index (χ0v) is 16.3. The summed E-state index contributed by atoms with van der Waals surface area (Å²) in [5, 5.41) is 0. The summed E-state index contributed by atoms with van der Waals surface area (Å²) >= 11 is 0. The van der Waals surface area contributed by atoms with E-state index in [4.69, 9.17) is 9.47 Å². The Morgan fingerprint density at radius 3 is 2.35 bits per heavy atom. The van der Waals surface area contributed by atoms with Gasteiger partial charge in [-0.25, -0.2) is 14.8 Å². The smallest absolute Gasteiger partial charge is 0.410 e. The van der Waals surface area contributed by atoms with Crippen LogP contribution in [0, 0.1) is 5.41 Å². The molecule has 7 nitrogen and oxygen atoms in total. The quantitative estimate of drug-likeness (QED) is 0.823. The molecule has 3 heterocycles. The first kappa shape index (κ1) is 18.7. The van der Waals surface area contributed by atoms with E-state index in [0.29, 0.717) is 12.6 Å². The van der Waals surface area contributed by atoms with E-state index in [9.17, 15) is 4.79 Å². The second-order valence-corrected chi connectivity index (χ2v) is 8.30. The maximum absolute atomic E-state index is 12.3. The Hall–Kier alpha value is -2.05. The van der Waals surface area contributed by atoms with Crippen LogP contribution in [0.2, 0.25) is 0 Å². The van der Waals surface area contributed by atoms with Crippen LogP contribution in [-0.4, -0.2) is 59.3 Å². The van der Waals surface area contributed by atoms with Gasteiger partial charge in [-0.05, 0) is 52.4 Å². The van der Waals surface area contributed by atoms with Gasteiger partial charge in [0, 0.05) is 26.2 Å². The van der Waals surface area contributed by atoms with Crippen molar-refractivity contribution in [3.8, 4) is 6.01 Å². The highest BCUT2D eigenvalue weighted by Gasteiger charge is 2.42. The highest BCUT2D eigenvalue weighted by atomic mass is 16.6. The summed E-state index contributed by atoms with van der Waals surface area (Å²) in [5.41, 5.74) is 0.876. The average Bonchev–Trinajstić information content (AvgIpc) is 2.99. The number of nitrogens with zero attached hydrogens (tertiary/aromatic N) is 4. The molecule has 7 heteroatoms. The topological polar surface area (TPSA) is 67.8 Å². The highest BCUT2D eigenvalue weighted by molar-refractivity contribution is 5.68. The zero-order valence-electron chi connectivity index (χ0n) is 16.3. The molecule has 0 bridgehead atoms. The van der Waals surface area contributed by atoms with Gasteiger partial charge < -0.3 is 19.3 Å². The third-order valence-corrected chi connectivity index (χ3v) is 5.17. The molecule has 0 unspecified atom stereocenters. The molecule has 2 aliphatic rings. The highest BCUT2D eigenvalue weighted by Crippen LogP contribution is 2.42. The molecule has 1 spiro atoms. The molecule has 2 aliphatic heterocycles. The van der Waals surface area contributed by atoms with E-state index in [1.54, 1.807) is 0 Å². The van der Waals surface area contributed by atoms with Gasteiger partial charge >= 0.3 is 12.1 Å². The van der Waals surface area contributed by atoms with Crippen molar-refractivity contribution in [2.24, 2.45) is 5.41 Å². The summed E-state index contributed by atoms with van der Waals surface area (Å²) in [6.07, 6.45) is 6.66. The van der Waals surface area contributed by atoms with E-state index < -0.39 is 5.60 Å². The molecular weight excluding hydrogens is 332 g/mol. The van der Waals surface area contributed by atoms with E-state index in [2.05, 4.69) is 14.9 Å². The van der Waals surface area contributed by atoms with Crippen LogP contribution in [-0.2, 0) is 4.74 Å². The monoisotopic (exact) mass is 362 g/mol. The summed E-state index contributed by atoms with van der Waals surface area (Å²) < 4.78 is 10.8. The largest absolute Gasteiger partial charge is 0.464 e. The average molecular weight is 362 g/mol. The second kappa shape index (κ2) is 7.29. The molecule has 0 atom stereocenters. The van der Waals surface area contributed by atoms with Gasteiger partial charge in [0.2, 0.25) is 0 Å². The van der Waals surface area contributed by atoms with Crippen LogP contribution in [0.5, 0.6) is 6.01 Å². The minimum absolute atomic E-state index is 0.192. The van der Waals surface area contributed by atoms with E-state index in [1.165, 1.54) is 0 Å². The molecule has 0 aliphatic carbocycles. The third kappa shape index (κ3) is 4.37. The fourth-order valence-corrected chi connectivity index (χ4v) is 3.73. The Morgan fingerprint density at radius 2 is 1.77 bits per heavy atom. The summed E-state index contributed by atoms with van der Waals surface area (Å²) in [7, 11) is 0. The SMILES string of the molecule is CCOc1ncc(N2CCC3(CCN(C(=O)OC(C)(C)C)CC3)C2)cn1. The fourth-order valence-electron chi connectivity index (χ4n) is 3.73. The van der Waals surface area contributed by atoms with Crippen LogP contribution < -0.4 is 9.64 Å². The first-order valence-electron chi connectivity index (χ1n) is 9.48. The van der Waals surface area contributed by atoms with Crippen molar-refractivity contribution in [2.75, 3.05) is 37.7 Å². The van der Waals surface area contributed by atoms with Crippen molar-refractivity contribution >= 4 is 11.8 Å². The van der Waals surface area contributed by atoms with Gasteiger partial charge in [0.1, 0.15) is 5.60 Å². The Bertz CT molecular complexity index is 619. The minimum Gasteiger partial charge on any atom is -0.464 e. The molecule has 0 N–H and O–H groups in total. The second-order valence-electron chi connectivity index (χ2n) is 8.30. The van der Waals surface area contributed by atoms with Crippen molar-refractivity contribution < 1.29 is 14.3 Å². The number of piperidine rings is 1. The third-order valence-electron chi connectivity index (χ3n) is 5.17. The summed E-state index contributed by atoms with van der Waals surface area (Å²) in [5.74, 6) is 0. The number of carbonyl (C=O) groups is 1. The molecule has 0 aromatic carbocycles. The van der Waals surface area contributed by atoms with E-state index in [0.717, 1.165) is 51.1 Å². The molecule has 1 aromatic rings. The standard InChI is InChI=1S/C19H30N4O3/c1-5-25-16-20-12-15(13-21-16)23-11-8-19(14-23)6-9-22(10-7-19)17(24)26-18(2,3)4/h12-13H,5-11,14H2,1-4H3. The Labute approximate surface area is 155 Å². The van der Waals surface area contributed by atoms with Gasteiger partial charge in [0.05, 0.1) is 24.7 Å². The van der Waals surface area contributed by atoms with Crippen molar-refractivity contribution in [3.05, 3.63) is 12.4 Å². The summed E-state index contributed by atoms with van der Waals surface area (Å²) in [4.78, 5) is 25.0. The number of hydrogen-bond donors (Lipinski definition) is 0. The van der Waals surface area contributed by atoms with Crippen LogP contribution in [0.15, 0.2) is 12.4 Å². The normalized spacial score (nSPS) is 19.7. The first-order chi connectivity index (χ1) is 12.3. The van der Waals surface area contributed by atoms with Crippen molar-refractivity contribution in [1.82, 2.24) is 14.9 Å². The van der Waals surface area contributed by atoms with Gasteiger partial charge in [-0.3, -0.25) is 0 Å². The molecule has 0 saturated carbocycles. The van der Waals surface area contributed by atoms with Crippen LogP contribution in [0.4, 0.5) is 10.5 Å². The minimum atomic E-state index is -0.440. The number of ether oxygens (including phenoxy) is 2. The van der Waals surface area contributed by atoms with Gasteiger partial charge in [-0.15, -0.1) is 0 Å². The lowest BCUT2D eigenvalue weighted by Gasteiger charge is -2.39. The maximum Gasteiger partial charge on any atom is 0.410 e. The van der Waals surface area contributed by atoms with E-state index in [1.807, 2.05) is 45.0 Å². The first-order valence-corrected chi connectivity index (χ1v) is 9.48. The lowest BCUT2D eigenvalue weighted by atomic mass is 9.78. The molecule has 144 valence electrons. The van der Waals surface area contributed by atoms with Gasteiger partial charge in [0.15, 0.2) is 0 Å². The van der Waals surface area contributed by atoms with Crippen molar-refractivity contribution in [1.29, 1.82) is 0 Å². The fraction of sp³-hybridized carbons (Fsp3) is 0.737. The van der Waals surface area contributed by atoms with Crippen LogP contribution in [0.1, 0.15) is 47.0 Å². The number of anilines is 1. The van der Waals surface area contributed by atoms with Crippen LogP contribution in [0.25, 0.3) is 0 Å². The maximum atomic E-state index is 12.3. The Morgan fingerprint density at radius 1 is 1.15 bits per heavy atom. The predicted octanol–water partition coefficient (Wildman–Crippen LogP) is 3.10. The Balaban J connectivity index is 1.55. The van der Waals surface area contributed by atoms with Gasteiger partial charge in [-0.2, -0.15) is 0 Å². The summed E-state index contributed by atoms with van der Waals surface area (Å²) in [6, 6.07) is 0.427. The zero-order chi connectivity index (χ0) is 18.8. The van der Waals surface area contributed by atoms with Crippen LogP contribution in [0.3, 0.4) is 0 Å². The van der Waals surface area contributed by atoms with Crippen molar-refractivity contribution in [3.63, 3.8) is 0 Å². The van der Waals surface area contributed by atoms with Gasteiger partial charge in [0.25, 0.3) is 0 Å². The van der Waals surface area contributed by atoms with Crippen LogP contribution >= 0.6 is 0 Å². The van der Waals surface area contributed by atoms with Gasteiger partial charge in [-0.1, -0.05) is 0 Å². The molecular formula is C19H30N4O3. The summed E-state index contributed by atoms with van der Waals surface area (Å²) in [6.45, 7) is 11.7. The number of carbonyl (C=O) groups excluding carboxylic acids is 1. The lowest BCUT2D eigenvalue weighted by Crippen LogP contribution is -2.46. The number of likely N-dealkylation sites (tertiary alicyclic amines) is 1. The molecule has 0 radical (unpaired) electrons. The van der Waals surface area contributed by atoms with E-state index in [-0.39, 0.29) is 11.5 Å². The predicted molar refractivity (Wildman–Crippen MR) is 99.5 cm³/mol. The molecule has 2 saturated heterocycles. The number of amides is 1. The van der Waals surface area contributed by atoms with Crippen molar-refractivity contribution in [2.45, 2.75) is 52.6 Å². The number of rotatable bonds is 3. The molecule has 26 heavy (non-hydrogen) atoms. The molecule has 3 rings (SSSR count). The molecule has 2 fully saturated rings. The lowest BCUT2D eigenvalue weighted by molar-refractivity contribution is 0.0122. The Kier molecular flexibility index (Phi) is 5.25. The number of aromatic nitrogens is 2. The van der Waals surface area contributed by atoms with E-state index >= 15 is 0 Å².